The molecule has 2 aromatic rings. The Labute approximate surface area is 106 Å². The summed E-state index contributed by atoms with van der Waals surface area (Å²) in [4.78, 5) is 0. The van der Waals surface area contributed by atoms with Crippen LogP contribution >= 0.6 is 27.5 Å². The standard InChI is InChI=1S/C10H9BrClN3O/c1-6-2-3-7(4-8(6)11)13-10-15-14-9(5-12)16-10/h2-4H,5H2,1H3,(H,13,15). The van der Waals surface area contributed by atoms with E-state index in [0.29, 0.717) is 11.9 Å². The molecule has 0 bridgehead atoms. The van der Waals surface area contributed by atoms with Gasteiger partial charge in [-0.3, -0.25) is 0 Å². The number of benzene rings is 1. The van der Waals surface area contributed by atoms with Crippen molar-refractivity contribution in [2.24, 2.45) is 0 Å². The average molecular weight is 303 g/mol. The largest absolute Gasteiger partial charge is 0.407 e. The van der Waals surface area contributed by atoms with Gasteiger partial charge >= 0.3 is 6.01 Å². The van der Waals surface area contributed by atoms with Crippen molar-refractivity contribution in [3.05, 3.63) is 34.1 Å². The molecule has 0 spiro atoms. The first-order valence-corrected chi connectivity index (χ1v) is 5.93. The molecule has 6 heteroatoms. The first-order chi connectivity index (χ1) is 7.69. The zero-order valence-corrected chi connectivity index (χ0v) is 10.8. The van der Waals surface area contributed by atoms with Crippen LogP contribution in [0.5, 0.6) is 0 Å². The van der Waals surface area contributed by atoms with Gasteiger partial charge in [-0.15, -0.1) is 16.7 Å². The number of anilines is 2. The molecular weight excluding hydrogens is 293 g/mol. The summed E-state index contributed by atoms with van der Waals surface area (Å²) in [5.41, 5.74) is 2.04. The SMILES string of the molecule is Cc1ccc(Nc2nnc(CCl)o2)cc1Br. The van der Waals surface area contributed by atoms with E-state index in [1.165, 1.54) is 0 Å². The predicted molar refractivity (Wildman–Crippen MR) is 66.0 cm³/mol. The summed E-state index contributed by atoms with van der Waals surface area (Å²) < 4.78 is 6.25. The zero-order valence-electron chi connectivity index (χ0n) is 8.50. The molecule has 1 aromatic carbocycles. The Morgan fingerprint density at radius 1 is 1.44 bits per heavy atom. The Morgan fingerprint density at radius 3 is 2.88 bits per heavy atom. The van der Waals surface area contributed by atoms with Crippen LogP contribution in [0.25, 0.3) is 0 Å². The molecule has 0 saturated carbocycles. The van der Waals surface area contributed by atoms with Crippen LogP contribution in [-0.2, 0) is 5.88 Å². The monoisotopic (exact) mass is 301 g/mol. The Bertz CT molecular complexity index is 501. The van der Waals surface area contributed by atoms with E-state index in [-0.39, 0.29) is 5.88 Å². The summed E-state index contributed by atoms with van der Waals surface area (Å²) >= 11 is 9.01. The van der Waals surface area contributed by atoms with Crippen LogP contribution in [0.4, 0.5) is 11.7 Å². The third-order valence-electron chi connectivity index (χ3n) is 2.00. The smallest absolute Gasteiger partial charge is 0.320 e. The number of aromatic nitrogens is 2. The van der Waals surface area contributed by atoms with Crippen LogP contribution in [-0.4, -0.2) is 10.2 Å². The molecule has 84 valence electrons. The first-order valence-electron chi connectivity index (χ1n) is 4.60. The maximum absolute atomic E-state index is 5.56. The summed E-state index contributed by atoms with van der Waals surface area (Å²) in [5.74, 6) is 0.613. The summed E-state index contributed by atoms with van der Waals surface area (Å²) in [5, 5.41) is 10.6. The fourth-order valence-corrected chi connectivity index (χ4v) is 1.64. The van der Waals surface area contributed by atoms with Crippen LogP contribution in [0.2, 0.25) is 0 Å². The van der Waals surface area contributed by atoms with Crippen LogP contribution in [0.15, 0.2) is 27.1 Å². The molecule has 0 aliphatic rings. The Morgan fingerprint density at radius 2 is 2.25 bits per heavy atom. The Balaban J connectivity index is 2.17. The van der Waals surface area contributed by atoms with Crippen LogP contribution in [0, 0.1) is 6.92 Å². The van der Waals surface area contributed by atoms with Gasteiger partial charge in [0.25, 0.3) is 0 Å². The van der Waals surface area contributed by atoms with Crippen molar-refractivity contribution in [3.8, 4) is 0 Å². The minimum absolute atomic E-state index is 0.215. The van der Waals surface area contributed by atoms with Crippen molar-refractivity contribution in [1.29, 1.82) is 0 Å². The molecule has 0 fully saturated rings. The van der Waals surface area contributed by atoms with Gasteiger partial charge in [0.05, 0.1) is 0 Å². The van der Waals surface area contributed by atoms with Gasteiger partial charge in [-0.05, 0) is 24.6 Å². The second-order valence-corrected chi connectivity index (χ2v) is 4.35. The van der Waals surface area contributed by atoms with Crippen LogP contribution in [0.3, 0.4) is 0 Å². The lowest BCUT2D eigenvalue weighted by Gasteiger charge is -2.03. The molecular formula is C10H9BrClN3O. The van der Waals surface area contributed by atoms with Crippen molar-refractivity contribution in [2.75, 3.05) is 5.32 Å². The van der Waals surface area contributed by atoms with E-state index in [2.05, 4.69) is 31.4 Å². The number of hydrogen-bond acceptors (Lipinski definition) is 4. The molecule has 0 unspecified atom stereocenters. The molecule has 2 rings (SSSR count). The first kappa shape index (κ1) is 11.4. The molecule has 16 heavy (non-hydrogen) atoms. The topological polar surface area (TPSA) is 51.0 Å². The van der Waals surface area contributed by atoms with Crippen molar-refractivity contribution >= 4 is 39.2 Å². The van der Waals surface area contributed by atoms with E-state index in [9.17, 15) is 0 Å². The number of alkyl halides is 1. The molecule has 0 aliphatic carbocycles. The molecule has 1 aromatic heterocycles. The lowest BCUT2D eigenvalue weighted by atomic mass is 10.2. The third kappa shape index (κ3) is 2.54. The van der Waals surface area contributed by atoms with Crippen molar-refractivity contribution in [1.82, 2.24) is 10.2 Å². The van der Waals surface area contributed by atoms with E-state index in [1.807, 2.05) is 25.1 Å². The van der Waals surface area contributed by atoms with E-state index < -0.39 is 0 Å². The molecule has 4 nitrogen and oxygen atoms in total. The second-order valence-electron chi connectivity index (χ2n) is 3.22. The summed E-state index contributed by atoms with van der Waals surface area (Å²) in [6, 6.07) is 6.21. The predicted octanol–water partition coefficient (Wildman–Crippen LogP) is 3.62. The van der Waals surface area contributed by atoms with Gasteiger partial charge in [0.1, 0.15) is 5.88 Å². The third-order valence-corrected chi connectivity index (χ3v) is 3.09. The summed E-state index contributed by atoms with van der Waals surface area (Å²) in [6.07, 6.45) is 0. The van der Waals surface area contributed by atoms with Gasteiger partial charge in [0, 0.05) is 10.2 Å². The van der Waals surface area contributed by atoms with Gasteiger partial charge in [0.2, 0.25) is 5.89 Å². The second kappa shape index (κ2) is 4.84. The highest BCUT2D eigenvalue weighted by atomic mass is 79.9. The molecule has 0 amide bonds. The maximum Gasteiger partial charge on any atom is 0.320 e. The summed E-state index contributed by atoms with van der Waals surface area (Å²) in [6.45, 7) is 2.02. The van der Waals surface area contributed by atoms with Gasteiger partial charge in [-0.25, -0.2) is 0 Å². The Kier molecular flexibility index (Phi) is 3.46. The molecule has 1 heterocycles. The Hall–Kier alpha value is -1.07. The van der Waals surface area contributed by atoms with Gasteiger partial charge in [-0.2, -0.15) is 0 Å². The molecule has 0 aliphatic heterocycles. The zero-order chi connectivity index (χ0) is 11.5. The van der Waals surface area contributed by atoms with E-state index in [4.69, 9.17) is 16.0 Å². The highest BCUT2D eigenvalue weighted by molar-refractivity contribution is 9.10. The minimum atomic E-state index is 0.215. The van der Waals surface area contributed by atoms with Crippen molar-refractivity contribution in [2.45, 2.75) is 12.8 Å². The van der Waals surface area contributed by atoms with E-state index >= 15 is 0 Å². The quantitative estimate of drug-likeness (QED) is 0.880. The number of aryl methyl sites for hydroxylation is 1. The molecule has 0 radical (unpaired) electrons. The van der Waals surface area contributed by atoms with Gasteiger partial charge < -0.3 is 9.73 Å². The van der Waals surface area contributed by atoms with E-state index in [0.717, 1.165) is 15.7 Å². The van der Waals surface area contributed by atoms with Gasteiger partial charge in [0.15, 0.2) is 0 Å². The number of halogens is 2. The fraction of sp³-hybridized carbons (Fsp3) is 0.200. The van der Waals surface area contributed by atoms with Crippen molar-refractivity contribution < 1.29 is 4.42 Å². The highest BCUT2D eigenvalue weighted by Gasteiger charge is 2.05. The average Bonchev–Trinajstić information content (AvgIpc) is 2.71. The number of rotatable bonds is 3. The molecule has 0 atom stereocenters. The number of nitrogens with one attached hydrogen (secondary N) is 1. The molecule has 1 N–H and O–H groups in total. The lowest BCUT2D eigenvalue weighted by molar-refractivity contribution is 0.530. The number of nitrogens with zero attached hydrogens (tertiary/aromatic N) is 2. The molecule has 0 saturated heterocycles. The van der Waals surface area contributed by atoms with Crippen molar-refractivity contribution in [3.63, 3.8) is 0 Å². The highest BCUT2D eigenvalue weighted by Crippen LogP contribution is 2.23. The fourth-order valence-electron chi connectivity index (χ4n) is 1.15. The maximum atomic E-state index is 5.56. The van der Waals surface area contributed by atoms with Gasteiger partial charge in [-0.1, -0.05) is 27.1 Å². The van der Waals surface area contributed by atoms with Crippen LogP contribution < -0.4 is 5.32 Å². The van der Waals surface area contributed by atoms with E-state index in [1.54, 1.807) is 0 Å². The lowest BCUT2D eigenvalue weighted by Crippen LogP contribution is -1.90. The van der Waals surface area contributed by atoms with Crippen LogP contribution in [0.1, 0.15) is 11.5 Å². The number of hydrogen-bond donors (Lipinski definition) is 1. The minimum Gasteiger partial charge on any atom is -0.407 e. The summed E-state index contributed by atoms with van der Waals surface area (Å²) in [7, 11) is 0. The normalized spacial score (nSPS) is 10.4.